The first-order chi connectivity index (χ1) is 20.0. The van der Waals surface area contributed by atoms with E-state index in [2.05, 4.69) is 13.8 Å². The minimum Gasteiger partial charge on any atom is -0.458 e. The molecule has 2 aromatic carbocycles. The molecule has 0 N–H and O–H groups in total. The van der Waals surface area contributed by atoms with Crippen LogP contribution in [-0.2, 0) is 14.3 Å². The van der Waals surface area contributed by atoms with E-state index in [4.69, 9.17) is 4.74 Å². The number of benzene rings is 2. The van der Waals surface area contributed by atoms with Crippen LogP contribution >= 0.6 is 0 Å². The maximum Gasteiger partial charge on any atom is 0.338 e. The van der Waals surface area contributed by atoms with Gasteiger partial charge in [0.1, 0.15) is 17.7 Å². The van der Waals surface area contributed by atoms with Crippen LogP contribution in [0.3, 0.4) is 0 Å². The van der Waals surface area contributed by atoms with Crippen LogP contribution in [0.2, 0.25) is 0 Å². The Labute approximate surface area is 246 Å². The molecule has 0 saturated heterocycles. The molecule has 0 radical (unpaired) electrons. The zero-order chi connectivity index (χ0) is 29.6. The largest absolute Gasteiger partial charge is 0.458 e. The van der Waals surface area contributed by atoms with E-state index in [1.807, 2.05) is 0 Å². The fourth-order valence-corrected chi connectivity index (χ4v) is 10.2. The number of Topliss-reactive ketones (excluding diaryl/α,β-unsaturated/α-hetero) is 2. The van der Waals surface area contributed by atoms with Crippen LogP contribution in [0, 0.1) is 40.4 Å². The fourth-order valence-electron chi connectivity index (χ4n) is 10.2. The Morgan fingerprint density at radius 1 is 0.833 bits per heavy atom. The quantitative estimate of drug-likeness (QED) is 0.340. The number of carbonyl (C=O) groups excluding carboxylic acids is 5. The molecule has 7 rings (SSSR count). The summed E-state index contributed by atoms with van der Waals surface area (Å²) in [5.41, 5.74) is 1.03. The number of fused-ring (bicyclic) bond motifs is 7. The Morgan fingerprint density at radius 3 is 2.24 bits per heavy atom. The van der Waals surface area contributed by atoms with Gasteiger partial charge < -0.3 is 4.74 Å². The van der Waals surface area contributed by atoms with Crippen LogP contribution in [0.25, 0.3) is 0 Å². The van der Waals surface area contributed by atoms with Gasteiger partial charge in [-0.25, -0.2) is 4.79 Å². The van der Waals surface area contributed by atoms with Crippen LogP contribution in [0.4, 0.5) is 0 Å². The molecule has 0 aromatic heterocycles. The van der Waals surface area contributed by atoms with Crippen molar-refractivity contribution >= 4 is 29.1 Å². The van der Waals surface area contributed by atoms with Crippen molar-refractivity contribution in [3.63, 3.8) is 0 Å². The van der Waals surface area contributed by atoms with Gasteiger partial charge in [-0.1, -0.05) is 38.1 Å². The molecule has 0 unspecified atom stereocenters. The molecule has 6 nitrogen and oxygen atoms in total. The van der Waals surface area contributed by atoms with Crippen molar-refractivity contribution in [2.75, 3.05) is 0 Å². The van der Waals surface area contributed by atoms with E-state index in [9.17, 15) is 24.0 Å². The first kappa shape index (κ1) is 27.4. The summed E-state index contributed by atoms with van der Waals surface area (Å²) < 4.78 is 6.44. The van der Waals surface area contributed by atoms with Crippen molar-refractivity contribution in [2.45, 2.75) is 78.2 Å². The summed E-state index contributed by atoms with van der Waals surface area (Å²) in [4.78, 5) is 65.7. The highest BCUT2D eigenvalue weighted by atomic mass is 16.5. The second-order valence-electron chi connectivity index (χ2n) is 14.1. The minimum atomic E-state index is -0.522. The van der Waals surface area contributed by atoms with Crippen molar-refractivity contribution in [3.05, 3.63) is 70.3 Å². The lowest BCUT2D eigenvalue weighted by molar-refractivity contribution is -0.171. The number of hydrogen-bond donors (Lipinski definition) is 0. The summed E-state index contributed by atoms with van der Waals surface area (Å²) in [7, 11) is 0. The highest BCUT2D eigenvalue weighted by Crippen LogP contribution is 2.67. The second kappa shape index (κ2) is 9.55. The highest BCUT2D eigenvalue weighted by Gasteiger charge is 2.65. The maximum absolute atomic E-state index is 13.9. The summed E-state index contributed by atoms with van der Waals surface area (Å²) in [6, 6.07) is 11.4. The number of rotatable bonds is 3. The topological polar surface area (TPSA) is 94.6 Å². The van der Waals surface area contributed by atoms with Gasteiger partial charge in [-0.15, -0.1) is 0 Å². The van der Waals surface area contributed by atoms with Crippen LogP contribution in [0.15, 0.2) is 42.5 Å². The Bertz CT molecular complexity index is 1550. The molecular formula is C36H38O6. The number of esters is 1. The summed E-state index contributed by atoms with van der Waals surface area (Å²) >= 11 is 0. The van der Waals surface area contributed by atoms with Crippen molar-refractivity contribution in [3.8, 4) is 0 Å². The Morgan fingerprint density at radius 2 is 1.52 bits per heavy atom. The Balaban J connectivity index is 1.23. The Hall–Kier alpha value is -3.41. The van der Waals surface area contributed by atoms with Crippen LogP contribution in [-0.4, -0.2) is 35.2 Å². The molecule has 42 heavy (non-hydrogen) atoms. The lowest BCUT2D eigenvalue weighted by Gasteiger charge is -2.61. The molecule has 6 heteroatoms. The first-order valence-corrected chi connectivity index (χ1v) is 15.6. The first-order valence-electron chi connectivity index (χ1n) is 15.6. The van der Waals surface area contributed by atoms with Gasteiger partial charge in [-0.05, 0) is 92.7 Å². The SMILES string of the molecule is CC(=O)[C@@H]1CC[C@@H]2[C@H]3CC[C@H]4CC(=O)CC[C@]4(C)[C@@H]3C[C@H](OC(=O)c3ccc4c(c3)C(=O)c3ccccc3C4=O)[C@]21C. The van der Waals surface area contributed by atoms with Gasteiger partial charge in [0.15, 0.2) is 11.6 Å². The van der Waals surface area contributed by atoms with Crippen molar-refractivity contribution < 1.29 is 28.7 Å². The molecule has 0 spiro atoms. The average molecular weight is 567 g/mol. The molecule has 5 aliphatic carbocycles. The van der Waals surface area contributed by atoms with E-state index in [0.29, 0.717) is 59.5 Å². The number of ketones is 4. The Kier molecular flexibility index (Phi) is 6.24. The van der Waals surface area contributed by atoms with Gasteiger partial charge in [0.2, 0.25) is 0 Å². The number of ether oxygens (including phenoxy) is 1. The van der Waals surface area contributed by atoms with Crippen molar-refractivity contribution in [1.29, 1.82) is 0 Å². The lowest BCUT2D eigenvalue weighted by atomic mass is 9.44. The van der Waals surface area contributed by atoms with E-state index in [0.717, 1.165) is 32.1 Å². The van der Waals surface area contributed by atoms with E-state index >= 15 is 0 Å². The third-order valence-corrected chi connectivity index (χ3v) is 12.5. The summed E-state index contributed by atoms with van der Waals surface area (Å²) in [6.07, 6.45) is 6.24. The molecule has 2 aromatic rings. The predicted molar refractivity (Wildman–Crippen MR) is 155 cm³/mol. The molecule has 8 atom stereocenters. The number of hydrogen-bond acceptors (Lipinski definition) is 6. The summed E-state index contributed by atoms with van der Waals surface area (Å²) in [5.74, 6) is 0.735. The highest BCUT2D eigenvalue weighted by molar-refractivity contribution is 6.28. The average Bonchev–Trinajstić information content (AvgIpc) is 3.35. The van der Waals surface area contributed by atoms with E-state index in [-0.39, 0.29) is 45.7 Å². The predicted octanol–water partition coefficient (Wildman–Crippen LogP) is 6.41. The molecule has 4 fully saturated rings. The summed E-state index contributed by atoms with van der Waals surface area (Å²) in [5, 5.41) is 0. The molecule has 4 saturated carbocycles. The van der Waals surface area contributed by atoms with Gasteiger partial charge in [-0.2, -0.15) is 0 Å². The van der Waals surface area contributed by atoms with Crippen LogP contribution in [0.5, 0.6) is 0 Å². The smallest absolute Gasteiger partial charge is 0.338 e. The van der Waals surface area contributed by atoms with Gasteiger partial charge in [-0.3, -0.25) is 19.2 Å². The maximum atomic E-state index is 13.9. The van der Waals surface area contributed by atoms with Crippen LogP contribution < -0.4 is 0 Å². The minimum absolute atomic E-state index is 0.0170. The van der Waals surface area contributed by atoms with E-state index in [1.54, 1.807) is 43.3 Å². The zero-order valence-electron chi connectivity index (χ0n) is 24.6. The molecule has 0 bridgehead atoms. The van der Waals surface area contributed by atoms with Gasteiger partial charge >= 0.3 is 5.97 Å². The summed E-state index contributed by atoms with van der Waals surface area (Å²) in [6.45, 7) is 6.18. The third kappa shape index (κ3) is 3.79. The molecular weight excluding hydrogens is 528 g/mol. The normalized spacial score (nSPS) is 36.7. The van der Waals surface area contributed by atoms with Crippen molar-refractivity contribution in [1.82, 2.24) is 0 Å². The lowest BCUT2D eigenvalue weighted by Crippen LogP contribution is -2.59. The van der Waals surface area contributed by atoms with E-state index < -0.39 is 17.5 Å². The molecule has 218 valence electrons. The molecule has 0 heterocycles. The van der Waals surface area contributed by atoms with Crippen LogP contribution in [0.1, 0.15) is 114 Å². The molecule has 5 aliphatic rings. The van der Waals surface area contributed by atoms with Gasteiger partial charge in [0, 0.05) is 46.4 Å². The van der Waals surface area contributed by atoms with Crippen molar-refractivity contribution in [2.24, 2.45) is 40.4 Å². The third-order valence-electron chi connectivity index (χ3n) is 12.5. The van der Waals surface area contributed by atoms with E-state index in [1.165, 1.54) is 6.07 Å². The monoisotopic (exact) mass is 566 g/mol. The van der Waals surface area contributed by atoms with Gasteiger partial charge in [0.25, 0.3) is 0 Å². The molecule has 0 amide bonds. The second-order valence-corrected chi connectivity index (χ2v) is 14.1. The van der Waals surface area contributed by atoms with Gasteiger partial charge in [0.05, 0.1) is 5.56 Å². The number of carbonyl (C=O) groups is 5. The zero-order valence-corrected chi connectivity index (χ0v) is 24.6. The standard InChI is InChI=1S/C36H38O6/c1-19(37)28-12-13-29-26-11-9-21-17-22(38)14-15-35(21,2)30(26)18-31(36(28,29)3)42-34(41)20-8-10-25-27(16-20)33(40)24-7-5-4-6-23(24)32(25)39/h4-8,10,16,21,26,28-31H,9,11-15,17-18H2,1-3H3/t21-,26+,28-,29+,30+,31-,35-,36-/m0/s1. The fraction of sp³-hybridized carbons (Fsp3) is 0.528. The molecule has 0 aliphatic heterocycles.